The standard InChI is InChI=1S/C17H17N5O/c1-12-9-16(21-23-12)20-15-10-17(19-11-18-15)22-8-4-6-13-5-2-3-7-14(13)22/h2-3,5,7,9-11H,4,6,8H2,1H3,(H,18,19,20,21). The molecule has 3 aromatic rings. The molecule has 6 heteroatoms. The van der Waals surface area contributed by atoms with E-state index < -0.39 is 0 Å². The maximum Gasteiger partial charge on any atom is 0.175 e. The molecular weight excluding hydrogens is 290 g/mol. The summed E-state index contributed by atoms with van der Waals surface area (Å²) in [5.74, 6) is 2.99. The number of aryl methyl sites for hydroxylation is 2. The molecule has 0 saturated heterocycles. The Bertz CT molecular complexity index is 829. The first-order valence-electron chi connectivity index (χ1n) is 7.67. The van der Waals surface area contributed by atoms with Gasteiger partial charge in [-0.05, 0) is 31.4 Å². The highest BCUT2D eigenvalue weighted by atomic mass is 16.5. The molecule has 1 aliphatic rings. The van der Waals surface area contributed by atoms with Crippen LogP contribution in [0.2, 0.25) is 0 Å². The summed E-state index contributed by atoms with van der Waals surface area (Å²) in [5, 5.41) is 7.07. The van der Waals surface area contributed by atoms with Crippen molar-refractivity contribution in [2.24, 2.45) is 0 Å². The molecule has 0 atom stereocenters. The molecule has 1 N–H and O–H groups in total. The summed E-state index contributed by atoms with van der Waals surface area (Å²) in [7, 11) is 0. The Hall–Kier alpha value is -2.89. The zero-order chi connectivity index (χ0) is 15.6. The van der Waals surface area contributed by atoms with E-state index in [0.717, 1.165) is 31.0 Å². The van der Waals surface area contributed by atoms with Gasteiger partial charge in [-0.25, -0.2) is 9.97 Å². The lowest BCUT2D eigenvalue weighted by Crippen LogP contribution is -2.25. The van der Waals surface area contributed by atoms with Crippen LogP contribution in [-0.2, 0) is 6.42 Å². The van der Waals surface area contributed by atoms with Gasteiger partial charge < -0.3 is 14.7 Å². The Kier molecular flexibility index (Phi) is 3.42. The fraction of sp³-hybridized carbons (Fsp3) is 0.235. The molecule has 1 aromatic carbocycles. The van der Waals surface area contributed by atoms with Crippen LogP contribution in [0.25, 0.3) is 0 Å². The molecule has 0 amide bonds. The molecule has 0 radical (unpaired) electrons. The molecule has 0 saturated carbocycles. The fourth-order valence-electron chi connectivity index (χ4n) is 2.89. The highest BCUT2D eigenvalue weighted by Gasteiger charge is 2.19. The summed E-state index contributed by atoms with van der Waals surface area (Å²) in [6, 6.07) is 12.2. The maximum absolute atomic E-state index is 5.06. The van der Waals surface area contributed by atoms with Crippen molar-refractivity contribution in [2.75, 3.05) is 16.8 Å². The maximum atomic E-state index is 5.06. The van der Waals surface area contributed by atoms with E-state index >= 15 is 0 Å². The van der Waals surface area contributed by atoms with Crippen molar-refractivity contribution in [3.05, 3.63) is 54.0 Å². The normalized spacial score (nSPS) is 13.7. The second kappa shape index (κ2) is 5.72. The fourth-order valence-corrected chi connectivity index (χ4v) is 2.89. The van der Waals surface area contributed by atoms with Crippen molar-refractivity contribution in [1.82, 2.24) is 15.1 Å². The minimum atomic E-state index is 0.645. The molecule has 0 fully saturated rings. The lowest BCUT2D eigenvalue weighted by molar-refractivity contribution is 0.400. The van der Waals surface area contributed by atoms with Crippen molar-refractivity contribution in [3.63, 3.8) is 0 Å². The van der Waals surface area contributed by atoms with Crippen LogP contribution in [0.15, 0.2) is 47.2 Å². The number of fused-ring (bicyclic) bond motifs is 1. The molecule has 0 spiro atoms. The van der Waals surface area contributed by atoms with Gasteiger partial charge in [-0.3, -0.25) is 0 Å². The molecule has 6 nitrogen and oxygen atoms in total. The van der Waals surface area contributed by atoms with E-state index in [1.165, 1.54) is 11.3 Å². The van der Waals surface area contributed by atoms with Crippen molar-refractivity contribution in [3.8, 4) is 0 Å². The molecule has 0 aliphatic carbocycles. The largest absolute Gasteiger partial charge is 0.360 e. The summed E-state index contributed by atoms with van der Waals surface area (Å²) >= 11 is 0. The third kappa shape index (κ3) is 2.75. The van der Waals surface area contributed by atoms with Crippen LogP contribution in [-0.4, -0.2) is 21.7 Å². The molecule has 4 rings (SSSR count). The van der Waals surface area contributed by atoms with Crippen LogP contribution < -0.4 is 10.2 Å². The van der Waals surface area contributed by atoms with Gasteiger partial charge in [-0.1, -0.05) is 23.4 Å². The van der Waals surface area contributed by atoms with E-state index in [1.807, 2.05) is 19.1 Å². The number of para-hydroxylation sites is 1. The van der Waals surface area contributed by atoms with Crippen LogP contribution in [0, 0.1) is 6.92 Å². The lowest BCUT2D eigenvalue weighted by Gasteiger charge is -2.30. The first-order chi connectivity index (χ1) is 11.3. The monoisotopic (exact) mass is 307 g/mol. The zero-order valence-electron chi connectivity index (χ0n) is 12.9. The van der Waals surface area contributed by atoms with Gasteiger partial charge in [0.1, 0.15) is 23.7 Å². The van der Waals surface area contributed by atoms with Gasteiger partial charge in [0, 0.05) is 24.4 Å². The van der Waals surface area contributed by atoms with E-state index in [0.29, 0.717) is 11.6 Å². The van der Waals surface area contributed by atoms with Gasteiger partial charge in [0.25, 0.3) is 0 Å². The number of hydrogen-bond donors (Lipinski definition) is 1. The third-order valence-corrected chi connectivity index (χ3v) is 3.92. The van der Waals surface area contributed by atoms with Crippen molar-refractivity contribution in [1.29, 1.82) is 0 Å². The van der Waals surface area contributed by atoms with Gasteiger partial charge in [0.2, 0.25) is 0 Å². The summed E-state index contributed by atoms with van der Waals surface area (Å²) in [6.45, 7) is 2.81. The van der Waals surface area contributed by atoms with E-state index in [-0.39, 0.29) is 0 Å². The Morgan fingerprint density at radius 1 is 1.13 bits per heavy atom. The highest BCUT2D eigenvalue weighted by molar-refractivity contribution is 5.67. The first kappa shape index (κ1) is 13.8. The van der Waals surface area contributed by atoms with E-state index in [2.05, 4.69) is 49.6 Å². The Labute approximate surface area is 134 Å². The van der Waals surface area contributed by atoms with Crippen LogP contribution >= 0.6 is 0 Å². The smallest absolute Gasteiger partial charge is 0.175 e. The van der Waals surface area contributed by atoms with Crippen LogP contribution in [0.4, 0.5) is 23.1 Å². The molecule has 116 valence electrons. The summed E-state index contributed by atoms with van der Waals surface area (Å²) in [5.41, 5.74) is 2.58. The SMILES string of the molecule is Cc1cc(Nc2cc(N3CCCc4ccccc43)ncn2)no1. The zero-order valence-corrected chi connectivity index (χ0v) is 12.9. The summed E-state index contributed by atoms with van der Waals surface area (Å²) < 4.78 is 5.06. The number of nitrogens with one attached hydrogen (secondary N) is 1. The van der Waals surface area contributed by atoms with Gasteiger partial charge >= 0.3 is 0 Å². The second-order valence-corrected chi connectivity index (χ2v) is 5.59. The number of rotatable bonds is 3. The molecular formula is C17H17N5O. The lowest BCUT2D eigenvalue weighted by atomic mass is 10.0. The second-order valence-electron chi connectivity index (χ2n) is 5.59. The average Bonchev–Trinajstić information content (AvgIpc) is 2.99. The minimum absolute atomic E-state index is 0.645. The van der Waals surface area contributed by atoms with E-state index in [1.54, 1.807) is 6.33 Å². The predicted octanol–water partition coefficient (Wildman–Crippen LogP) is 3.60. The number of benzene rings is 1. The molecule has 0 bridgehead atoms. The van der Waals surface area contributed by atoms with Gasteiger partial charge in [0.05, 0.1) is 0 Å². The third-order valence-electron chi connectivity index (χ3n) is 3.92. The Balaban J connectivity index is 1.64. The molecule has 1 aliphatic heterocycles. The van der Waals surface area contributed by atoms with Crippen LogP contribution in [0.5, 0.6) is 0 Å². The van der Waals surface area contributed by atoms with E-state index in [4.69, 9.17) is 4.52 Å². The van der Waals surface area contributed by atoms with Crippen LogP contribution in [0.3, 0.4) is 0 Å². The molecule has 2 aromatic heterocycles. The van der Waals surface area contributed by atoms with Crippen molar-refractivity contribution >= 4 is 23.1 Å². The average molecular weight is 307 g/mol. The minimum Gasteiger partial charge on any atom is -0.360 e. The van der Waals surface area contributed by atoms with Crippen LogP contribution in [0.1, 0.15) is 17.7 Å². The Morgan fingerprint density at radius 2 is 2.04 bits per heavy atom. The number of nitrogens with zero attached hydrogens (tertiary/aromatic N) is 4. The summed E-state index contributed by atoms with van der Waals surface area (Å²) in [4.78, 5) is 10.9. The molecule has 3 heterocycles. The number of anilines is 4. The number of aromatic nitrogens is 3. The van der Waals surface area contributed by atoms with Gasteiger partial charge in [-0.15, -0.1) is 0 Å². The highest BCUT2D eigenvalue weighted by Crippen LogP contribution is 2.32. The van der Waals surface area contributed by atoms with Crippen molar-refractivity contribution < 1.29 is 4.52 Å². The topological polar surface area (TPSA) is 67.1 Å². The number of hydrogen-bond acceptors (Lipinski definition) is 6. The van der Waals surface area contributed by atoms with Gasteiger partial charge in [0.15, 0.2) is 5.82 Å². The van der Waals surface area contributed by atoms with Crippen molar-refractivity contribution in [2.45, 2.75) is 19.8 Å². The van der Waals surface area contributed by atoms with E-state index in [9.17, 15) is 0 Å². The molecule has 0 unspecified atom stereocenters. The quantitative estimate of drug-likeness (QED) is 0.797. The predicted molar refractivity (Wildman–Crippen MR) is 88.3 cm³/mol. The summed E-state index contributed by atoms with van der Waals surface area (Å²) in [6.07, 6.45) is 3.80. The molecule has 23 heavy (non-hydrogen) atoms. The first-order valence-corrected chi connectivity index (χ1v) is 7.67. The van der Waals surface area contributed by atoms with Gasteiger partial charge in [-0.2, -0.15) is 0 Å². The Morgan fingerprint density at radius 3 is 2.91 bits per heavy atom.